The maximum Gasteiger partial charge on any atom is 0.253 e. The molecule has 2 amide bonds. The van der Waals surface area contributed by atoms with E-state index in [1.165, 1.54) is 18.1 Å². The Morgan fingerprint density at radius 1 is 1.17 bits per heavy atom. The molecule has 7 nitrogen and oxygen atoms in total. The summed E-state index contributed by atoms with van der Waals surface area (Å²) in [5.41, 5.74) is 1.53. The predicted molar refractivity (Wildman–Crippen MR) is 111 cm³/mol. The molecule has 0 radical (unpaired) electrons. The molecule has 1 heterocycles. The van der Waals surface area contributed by atoms with Crippen LogP contribution in [0, 0.1) is 0 Å². The van der Waals surface area contributed by atoms with Crippen molar-refractivity contribution in [1.82, 2.24) is 4.90 Å². The maximum absolute atomic E-state index is 12.4. The molecule has 0 aromatic heterocycles. The van der Waals surface area contributed by atoms with Crippen molar-refractivity contribution in [3.63, 3.8) is 0 Å². The summed E-state index contributed by atoms with van der Waals surface area (Å²) < 4.78 is 16.3. The van der Waals surface area contributed by atoms with Gasteiger partial charge < -0.3 is 24.4 Å². The van der Waals surface area contributed by atoms with Gasteiger partial charge in [0.1, 0.15) is 19.0 Å². The molecule has 2 aromatic carbocycles. The molecular formula is C21H21ClN2O5. The molecule has 0 atom stereocenters. The van der Waals surface area contributed by atoms with E-state index in [-0.39, 0.29) is 11.8 Å². The zero-order valence-electron chi connectivity index (χ0n) is 16.3. The van der Waals surface area contributed by atoms with Crippen molar-refractivity contribution in [2.45, 2.75) is 0 Å². The van der Waals surface area contributed by atoms with Gasteiger partial charge >= 0.3 is 0 Å². The number of anilines is 1. The number of ether oxygens (including phenoxy) is 3. The number of carbonyl (C=O) groups excluding carboxylic acids is 2. The van der Waals surface area contributed by atoms with Gasteiger partial charge in [-0.15, -0.1) is 0 Å². The van der Waals surface area contributed by atoms with Crippen LogP contribution in [0.2, 0.25) is 5.02 Å². The third-order valence-corrected chi connectivity index (χ3v) is 4.44. The van der Waals surface area contributed by atoms with E-state index in [4.69, 9.17) is 25.8 Å². The quantitative estimate of drug-likeness (QED) is 0.755. The van der Waals surface area contributed by atoms with Gasteiger partial charge in [0.05, 0.1) is 17.8 Å². The van der Waals surface area contributed by atoms with E-state index in [1.807, 2.05) is 0 Å². The average Bonchev–Trinajstić information content (AvgIpc) is 2.71. The summed E-state index contributed by atoms with van der Waals surface area (Å²) in [6.45, 7) is 0.889. The molecule has 3 rings (SSSR count). The van der Waals surface area contributed by atoms with E-state index in [9.17, 15) is 9.59 Å². The first kappa shape index (κ1) is 20.5. The van der Waals surface area contributed by atoms with Crippen LogP contribution in [-0.2, 0) is 4.79 Å². The molecule has 0 saturated heterocycles. The highest BCUT2D eigenvalue weighted by atomic mass is 35.5. The minimum absolute atomic E-state index is 0.176. The van der Waals surface area contributed by atoms with E-state index in [0.29, 0.717) is 52.3 Å². The second kappa shape index (κ2) is 8.87. The van der Waals surface area contributed by atoms with Crippen LogP contribution >= 0.6 is 11.6 Å². The minimum Gasteiger partial charge on any atom is -0.495 e. The topological polar surface area (TPSA) is 77.1 Å². The number of nitrogens with one attached hydrogen (secondary N) is 1. The van der Waals surface area contributed by atoms with Crippen LogP contribution < -0.4 is 19.5 Å². The number of methoxy groups -OCH3 is 1. The largest absolute Gasteiger partial charge is 0.495 e. The average molecular weight is 417 g/mol. The fourth-order valence-corrected chi connectivity index (χ4v) is 3.04. The highest BCUT2D eigenvalue weighted by Crippen LogP contribution is 2.38. The lowest BCUT2D eigenvalue weighted by atomic mass is 10.1. The molecule has 29 heavy (non-hydrogen) atoms. The highest BCUT2D eigenvalue weighted by molar-refractivity contribution is 6.32. The third-order valence-electron chi connectivity index (χ3n) is 4.16. The Kier molecular flexibility index (Phi) is 6.29. The van der Waals surface area contributed by atoms with Crippen molar-refractivity contribution in [1.29, 1.82) is 0 Å². The third kappa shape index (κ3) is 4.81. The number of halogens is 1. The molecule has 2 aromatic rings. The molecule has 0 aliphatic carbocycles. The molecule has 0 unspecified atom stereocenters. The van der Waals surface area contributed by atoms with Gasteiger partial charge in [0.15, 0.2) is 11.5 Å². The Hall–Kier alpha value is -3.19. The Balaban J connectivity index is 1.77. The van der Waals surface area contributed by atoms with Crippen molar-refractivity contribution in [3.8, 4) is 17.2 Å². The van der Waals surface area contributed by atoms with Gasteiger partial charge in [0, 0.05) is 25.7 Å². The van der Waals surface area contributed by atoms with Crippen molar-refractivity contribution in [2.24, 2.45) is 0 Å². The standard InChI is InChI=1S/C21H21ClN2O5/c1-24(2)21(26)14-5-6-17(27-3)16(12-14)23-19(25)7-4-13-10-15(22)20-18(11-13)28-8-9-29-20/h4-7,10-12H,8-9H2,1-3H3,(H,23,25). The lowest BCUT2D eigenvalue weighted by Crippen LogP contribution is -2.22. The normalized spacial score (nSPS) is 12.6. The van der Waals surface area contributed by atoms with Gasteiger partial charge in [-0.05, 0) is 42.0 Å². The molecule has 152 valence electrons. The Bertz CT molecular complexity index is 972. The fraction of sp³-hybridized carbons (Fsp3) is 0.238. The monoisotopic (exact) mass is 416 g/mol. The van der Waals surface area contributed by atoms with Gasteiger partial charge in [-0.1, -0.05) is 11.6 Å². The molecule has 0 spiro atoms. The van der Waals surface area contributed by atoms with E-state index < -0.39 is 0 Å². The number of benzene rings is 2. The van der Waals surface area contributed by atoms with Crippen LogP contribution in [0.3, 0.4) is 0 Å². The van der Waals surface area contributed by atoms with Gasteiger partial charge in [0.2, 0.25) is 5.91 Å². The number of hydrogen-bond donors (Lipinski definition) is 1. The number of carbonyl (C=O) groups is 2. The van der Waals surface area contributed by atoms with Crippen molar-refractivity contribution in [2.75, 3.05) is 39.7 Å². The summed E-state index contributed by atoms with van der Waals surface area (Å²) in [5, 5.41) is 3.15. The van der Waals surface area contributed by atoms with E-state index in [0.717, 1.165) is 0 Å². The van der Waals surface area contributed by atoms with Crippen LogP contribution in [0.5, 0.6) is 17.2 Å². The van der Waals surface area contributed by atoms with Crippen molar-refractivity contribution < 1.29 is 23.8 Å². The number of nitrogens with zero attached hydrogens (tertiary/aromatic N) is 1. The summed E-state index contributed by atoms with van der Waals surface area (Å²) >= 11 is 6.21. The SMILES string of the molecule is COc1ccc(C(=O)N(C)C)cc1NC(=O)C=Cc1cc(Cl)c2c(c1)OCCO2. The molecule has 1 N–H and O–H groups in total. The predicted octanol–water partition coefficient (Wildman–Crippen LogP) is 3.47. The summed E-state index contributed by atoms with van der Waals surface area (Å²) in [6, 6.07) is 8.30. The van der Waals surface area contributed by atoms with Crippen LogP contribution in [0.4, 0.5) is 5.69 Å². The van der Waals surface area contributed by atoms with E-state index >= 15 is 0 Å². The summed E-state index contributed by atoms with van der Waals surface area (Å²) in [7, 11) is 4.81. The van der Waals surface area contributed by atoms with Crippen LogP contribution in [0.25, 0.3) is 6.08 Å². The summed E-state index contributed by atoms with van der Waals surface area (Å²) in [6.07, 6.45) is 2.97. The Morgan fingerprint density at radius 3 is 2.66 bits per heavy atom. The number of fused-ring (bicyclic) bond motifs is 1. The van der Waals surface area contributed by atoms with E-state index in [1.54, 1.807) is 50.5 Å². The Labute approximate surface area is 173 Å². The van der Waals surface area contributed by atoms with Gasteiger partial charge in [-0.2, -0.15) is 0 Å². The Morgan fingerprint density at radius 2 is 1.93 bits per heavy atom. The smallest absolute Gasteiger partial charge is 0.253 e. The van der Waals surface area contributed by atoms with Crippen LogP contribution in [-0.4, -0.2) is 51.1 Å². The number of amides is 2. The lowest BCUT2D eigenvalue weighted by Gasteiger charge is -2.19. The van der Waals surface area contributed by atoms with Gasteiger partial charge in [0.25, 0.3) is 5.91 Å². The first-order valence-electron chi connectivity index (χ1n) is 8.87. The summed E-state index contributed by atoms with van der Waals surface area (Å²) in [4.78, 5) is 26.0. The first-order valence-corrected chi connectivity index (χ1v) is 9.24. The van der Waals surface area contributed by atoms with Crippen molar-refractivity contribution in [3.05, 3.63) is 52.6 Å². The van der Waals surface area contributed by atoms with Crippen molar-refractivity contribution >= 4 is 35.2 Å². The van der Waals surface area contributed by atoms with Gasteiger partial charge in [-0.3, -0.25) is 9.59 Å². The fourth-order valence-electron chi connectivity index (χ4n) is 2.77. The lowest BCUT2D eigenvalue weighted by molar-refractivity contribution is -0.111. The first-order chi connectivity index (χ1) is 13.9. The minimum atomic E-state index is -0.385. The number of rotatable bonds is 5. The molecule has 0 saturated carbocycles. The number of hydrogen-bond acceptors (Lipinski definition) is 5. The van der Waals surface area contributed by atoms with Crippen LogP contribution in [0.15, 0.2) is 36.4 Å². The second-order valence-electron chi connectivity index (χ2n) is 6.46. The van der Waals surface area contributed by atoms with Crippen LogP contribution in [0.1, 0.15) is 15.9 Å². The molecule has 0 bridgehead atoms. The molecule has 8 heteroatoms. The molecule has 1 aliphatic heterocycles. The molecule has 1 aliphatic rings. The van der Waals surface area contributed by atoms with E-state index in [2.05, 4.69) is 5.32 Å². The zero-order valence-corrected chi connectivity index (χ0v) is 17.1. The highest BCUT2D eigenvalue weighted by Gasteiger charge is 2.16. The maximum atomic E-state index is 12.4. The summed E-state index contributed by atoms with van der Waals surface area (Å²) in [5.74, 6) is 0.935. The van der Waals surface area contributed by atoms with Gasteiger partial charge in [-0.25, -0.2) is 0 Å². The molecule has 0 fully saturated rings. The zero-order chi connectivity index (χ0) is 21.0. The molecular weight excluding hydrogens is 396 g/mol. The second-order valence-corrected chi connectivity index (χ2v) is 6.87.